The van der Waals surface area contributed by atoms with E-state index in [1.54, 1.807) is 10.6 Å². The summed E-state index contributed by atoms with van der Waals surface area (Å²) in [6, 6.07) is 8.76. The largest absolute Gasteiger partial charge is 0.326 e. The van der Waals surface area contributed by atoms with Crippen molar-refractivity contribution in [2.45, 2.75) is 25.7 Å². The molecule has 0 atom stereocenters. The summed E-state index contributed by atoms with van der Waals surface area (Å²) in [4.78, 5) is 1.63. The standard InChI is InChI=1S/C13H12NS2.ClHO4/c1-3-7-11-9(5-1)14-10-6-2-4-8-12(10)16-13(14)15-11;2-1(3,4)5/h1,3,5,7H,2,4,6,8H2;(H,2,3,4,5)/q+1;/p-1. The highest BCUT2D eigenvalue weighted by molar-refractivity contribution is 7.38. The zero-order chi connectivity index (χ0) is 15.0. The van der Waals surface area contributed by atoms with Crippen molar-refractivity contribution in [2.24, 2.45) is 0 Å². The van der Waals surface area contributed by atoms with Crippen molar-refractivity contribution in [1.82, 2.24) is 0 Å². The number of rotatable bonds is 0. The van der Waals surface area contributed by atoms with E-state index in [4.69, 9.17) is 18.6 Å². The summed E-state index contributed by atoms with van der Waals surface area (Å²) in [5.74, 6) is 0. The number of hydrogen-bond acceptors (Lipinski definition) is 6. The molecule has 5 nitrogen and oxygen atoms in total. The number of benzene rings is 1. The Labute approximate surface area is 131 Å². The van der Waals surface area contributed by atoms with E-state index < -0.39 is 10.2 Å². The summed E-state index contributed by atoms with van der Waals surface area (Å²) >= 11 is 3.94. The van der Waals surface area contributed by atoms with Gasteiger partial charge in [-0.2, -0.15) is 0 Å². The molecule has 0 fully saturated rings. The lowest BCUT2D eigenvalue weighted by Gasteiger charge is -2.17. The van der Waals surface area contributed by atoms with Crippen LogP contribution in [0.1, 0.15) is 23.4 Å². The quantitative estimate of drug-likeness (QED) is 0.479. The predicted molar refractivity (Wildman–Crippen MR) is 69.5 cm³/mol. The molecule has 1 aliphatic rings. The molecule has 0 bridgehead atoms. The maximum atomic E-state index is 8.49. The first-order chi connectivity index (χ1) is 9.93. The summed E-state index contributed by atoms with van der Waals surface area (Å²) < 4.78 is 39.4. The van der Waals surface area contributed by atoms with Crippen LogP contribution in [0.3, 0.4) is 0 Å². The van der Waals surface area contributed by atoms with Crippen molar-refractivity contribution in [1.29, 1.82) is 0 Å². The summed E-state index contributed by atoms with van der Waals surface area (Å²) in [7, 11) is -4.94. The summed E-state index contributed by atoms with van der Waals surface area (Å²) in [5, 5.41) is 0. The molecule has 0 spiro atoms. The van der Waals surface area contributed by atoms with Crippen LogP contribution < -0.4 is 23.0 Å². The highest BCUT2D eigenvalue weighted by atomic mass is 35.7. The van der Waals surface area contributed by atoms with Gasteiger partial charge in [0.1, 0.15) is 4.70 Å². The van der Waals surface area contributed by atoms with Crippen LogP contribution >= 0.6 is 22.7 Å². The molecular formula is C13H12ClNO4S2. The third kappa shape index (κ3) is 3.35. The first-order valence-corrected chi connectivity index (χ1v) is 9.26. The van der Waals surface area contributed by atoms with Crippen molar-refractivity contribution in [3.8, 4) is 0 Å². The molecule has 2 aromatic heterocycles. The van der Waals surface area contributed by atoms with E-state index in [1.165, 1.54) is 40.0 Å². The van der Waals surface area contributed by atoms with E-state index in [-0.39, 0.29) is 0 Å². The molecule has 0 N–H and O–H groups in total. The van der Waals surface area contributed by atoms with Crippen LogP contribution in [0.25, 0.3) is 14.4 Å². The number of para-hydroxylation sites is 1. The van der Waals surface area contributed by atoms with Crippen LogP contribution in [0.15, 0.2) is 24.3 Å². The molecule has 0 saturated carbocycles. The molecule has 0 unspecified atom stereocenters. The molecule has 0 amide bonds. The van der Waals surface area contributed by atoms with Gasteiger partial charge in [0.05, 0.1) is 4.88 Å². The number of nitrogens with zero attached hydrogens (tertiary/aromatic N) is 1. The van der Waals surface area contributed by atoms with E-state index in [9.17, 15) is 0 Å². The lowest BCUT2D eigenvalue weighted by molar-refractivity contribution is -2.00. The van der Waals surface area contributed by atoms with E-state index >= 15 is 0 Å². The lowest BCUT2D eigenvalue weighted by atomic mass is 10.0. The topological polar surface area (TPSA) is 96.3 Å². The average Bonchev–Trinajstić information content (AvgIpc) is 2.91. The van der Waals surface area contributed by atoms with Gasteiger partial charge in [0.25, 0.3) is 0 Å². The van der Waals surface area contributed by atoms with E-state index in [0.717, 1.165) is 0 Å². The van der Waals surface area contributed by atoms with Gasteiger partial charge in [-0.3, -0.25) is 0 Å². The molecule has 4 rings (SSSR count). The first-order valence-electron chi connectivity index (χ1n) is 6.39. The SMILES string of the molecule is [O-][Cl+3]([O-])([O-])[O-].c1ccc2c(c1)sc1sc3c([n+]12)CCCC3. The predicted octanol–water partition coefficient (Wildman–Crippen LogP) is -1.18. The molecule has 2 heterocycles. The maximum Gasteiger partial charge on any atom is 0.326 e. The normalized spacial score (nSPS) is 14.9. The summed E-state index contributed by atoms with van der Waals surface area (Å²) in [6.07, 6.45) is 5.29. The lowest BCUT2D eigenvalue weighted by Crippen LogP contribution is -2.68. The number of aromatic nitrogens is 1. The smallest absolute Gasteiger partial charge is 0.222 e. The molecular weight excluding hydrogens is 334 g/mol. The van der Waals surface area contributed by atoms with Crippen LogP contribution in [0.4, 0.5) is 0 Å². The van der Waals surface area contributed by atoms with Gasteiger partial charge in [0.2, 0.25) is 11.2 Å². The van der Waals surface area contributed by atoms with Crippen LogP contribution in [0, 0.1) is 10.2 Å². The monoisotopic (exact) mass is 345 g/mol. The van der Waals surface area contributed by atoms with Gasteiger partial charge in [-0.15, -0.1) is 14.6 Å². The van der Waals surface area contributed by atoms with Crippen LogP contribution in [0.2, 0.25) is 0 Å². The molecule has 0 saturated heterocycles. The fourth-order valence-electron chi connectivity index (χ4n) is 2.60. The Bertz CT molecular complexity index is 772. The second-order valence-corrected chi connectivity index (χ2v) is 7.86. The summed E-state index contributed by atoms with van der Waals surface area (Å²) in [5.41, 5.74) is 2.99. The molecule has 8 heteroatoms. The van der Waals surface area contributed by atoms with Crippen LogP contribution in [-0.4, -0.2) is 0 Å². The van der Waals surface area contributed by atoms with Crippen LogP contribution in [-0.2, 0) is 12.8 Å². The van der Waals surface area contributed by atoms with Crippen molar-refractivity contribution in [3.05, 3.63) is 34.8 Å². The van der Waals surface area contributed by atoms with Crippen molar-refractivity contribution >= 4 is 37.0 Å². The first kappa shape index (κ1) is 15.1. The van der Waals surface area contributed by atoms with Crippen molar-refractivity contribution < 1.29 is 33.3 Å². The summed E-state index contributed by atoms with van der Waals surface area (Å²) in [6.45, 7) is 0. The number of hydrogen-bond donors (Lipinski definition) is 0. The zero-order valence-electron chi connectivity index (χ0n) is 10.9. The Kier molecular flexibility index (Phi) is 4.15. The Morgan fingerprint density at radius 1 is 0.952 bits per heavy atom. The van der Waals surface area contributed by atoms with Crippen molar-refractivity contribution in [2.75, 3.05) is 0 Å². The molecule has 0 radical (unpaired) electrons. The average molecular weight is 346 g/mol. The van der Waals surface area contributed by atoms with E-state index in [0.29, 0.717) is 0 Å². The second kappa shape index (κ2) is 5.77. The Balaban J connectivity index is 0.000000233. The molecule has 1 aromatic carbocycles. The number of halogens is 1. The van der Waals surface area contributed by atoms with Gasteiger partial charge in [-0.1, -0.05) is 34.8 Å². The number of fused-ring (bicyclic) bond motifs is 5. The zero-order valence-corrected chi connectivity index (χ0v) is 13.3. The minimum atomic E-state index is -4.94. The minimum absolute atomic E-state index is 1.26. The van der Waals surface area contributed by atoms with Gasteiger partial charge >= 0.3 is 4.14 Å². The Hall–Kier alpha value is -0.800. The van der Waals surface area contributed by atoms with Gasteiger partial charge in [-0.25, -0.2) is 18.6 Å². The molecule has 21 heavy (non-hydrogen) atoms. The fraction of sp³-hybridized carbons (Fsp3) is 0.308. The molecule has 1 aliphatic carbocycles. The highest BCUT2D eigenvalue weighted by Gasteiger charge is 2.27. The molecule has 112 valence electrons. The fourth-order valence-corrected chi connectivity index (χ4v) is 5.31. The third-order valence-corrected chi connectivity index (χ3v) is 5.82. The highest BCUT2D eigenvalue weighted by Crippen LogP contribution is 2.32. The minimum Gasteiger partial charge on any atom is -0.222 e. The number of aryl methyl sites for hydroxylation is 2. The maximum absolute atomic E-state index is 8.49. The van der Waals surface area contributed by atoms with Crippen molar-refractivity contribution in [3.63, 3.8) is 0 Å². The van der Waals surface area contributed by atoms with E-state index in [1.807, 2.05) is 22.7 Å². The number of thiazole rings is 2. The van der Waals surface area contributed by atoms with Crippen LogP contribution in [0.5, 0.6) is 0 Å². The second-order valence-electron chi connectivity index (χ2n) is 4.73. The third-order valence-electron chi connectivity index (χ3n) is 3.36. The van der Waals surface area contributed by atoms with Gasteiger partial charge in [0, 0.05) is 12.5 Å². The van der Waals surface area contributed by atoms with Gasteiger partial charge in [0.15, 0.2) is 0 Å². The van der Waals surface area contributed by atoms with Gasteiger partial charge in [-0.05, 0) is 25.3 Å². The van der Waals surface area contributed by atoms with Gasteiger partial charge < -0.3 is 0 Å². The molecule has 0 aliphatic heterocycles. The van der Waals surface area contributed by atoms with E-state index in [2.05, 4.69) is 28.7 Å². The Morgan fingerprint density at radius 3 is 2.38 bits per heavy atom. The molecule has 3 aromatic rings. The Morgan fingerprint density at radius 2 is 1.62 bits per heavy atom.